The van der Waals surface area contributed by atoms with Gasteiger partial charge in [0.15, 0.2) is 5.69 Å². The molecule has 1 aromatic heterocycles. The molecule has 3 heterocycles. The normalized spacial score (nSPS) is 22.3. The number of carboxylic acids is 1. The van der Waals surface area contributed by atoms with Crippen molar-refractivity contribution in [1.29, 1.82) is 0 Å². The molecule has 1 atom stereocenters. The second-order valence-electron chi connectivity index (χ2n) is 4.80. The van der Waals surface area contributed by atoms with Crippen LogP contribution in [-0.4, -0.2) is 50.7 Å². The van der Waals surface area contributed by atoms with Gasteiger partial charge in [-0.2, -0.15) is 0 Å². The molecule has 7 nitrogen and oxygen atoms in total. The van der Waals surface area contributed by atoms with E-state index in [0.717, 1.165) is 12.8 Å². The van der Waals surface area contributed by atoms with Crippen LogP contribution in [0.5, 0.6) is 0 Å². The van der Waals surface area contributed by atoms with Gasteiger partial charge in [0, 0.05) is 19.7 Å². The SMILES string of the molecule is O=C(O)c1ncn2c1CN(C(=O)C1CCCO1)CC2. The van der Waals surface area contributed by atoms with Gasteiger partial charge in [0.2, 0.25) is 0 Å². The molecular weight excluding hydrogens is 250 g/mol. The molecule has 1 N–H and O–H groups in total. The average molecular weight is 265 g/mol. The van der Waals surface area contributed by atoms with Crippen LogP contribution in [0.15, 0.2) is 6.33 Å². The van der Waals surface area contributed by atoms with Crippen molar-refractivity contribution in [1.82, 2.24) is 14.5 Å². The fourth-order valence-corrected chi connectivity index (χ4v) is 2.60. The van der Waals surface area contributed by atoms with Crippen LogP contribution in [0.25, 0.3) is 0 Å². The monoisotopic (exact) mass is 265 g/mol. The zero-order chi connectivity index (χ0) is 13.4. The lowest BCUT2D eigenvalue weighted by molar-refractivity contribution is -0.142. The number of aromatic nitrogens is 2. The number of carboxylic acid groups (broad SMARTS) is 1. The number of hydrogen-bond donors (Lipinski definition) is 1. The Bertz CT molecular complexity index is 519. The van der Waals surface area contributed by atoms with E-state index in [4.69, 9.17) is 9.84 Å². The van der Waals surface area contributed by atoms with Gasteiger partial charge in [0.25, 0.3) is 5.91 Å². The minimum atomic E-state index is -1.06. The van der Waals surface area contributed by atoms with Crippen molar-refractivity contribution >= 4 is 11.9 Å². The van der Waals surface area contributed by atoms with Crippen molar-refractivity contribution in [3.8, 4) is 0 Å². The van der Waals surface area contributed by atoms with E-state index in [1.807, 2.05) is 0 Å². The number of amides is 1. The van der Waals surface area contributed by atoms with E-state index in [2.05, 4.69) is 4.98 Å². The summed E-state index contributed by atoms with van der Waals surface area (Å²) in [5.74, 6) is -1.10. The molecule has 0 spiro atoms. The van der Waals surface area contributed by atoms with E-state index >= 15 is 0 Å². The van der Waals surface area contributed by atoms with Gasteiger partial charge in [-0.3, -0.25) is 4.79 Å². The zero-order valence-electron chi connectivity index (χ0n) is 10.4. The molecule has 1 aromatic rings. The molecule has 0 aliphatic carbocycles. The molecule has 1 unspecified atom stereocenters. The second kappa shape index (κ2) is 4.65. The highest BCUT2D eigenvalue weighted by Gasteiger charge is 2.32. The number of nitrogens with zero attached hydrogens (tertiary/aromatic N) is 3. The van der Waals surface area contributed by atoms with E-state index in [1.54, 1.807) is 9.47 Å². The lowest BCUT2D eigenvalue weighted by atomic mass is 10.2. The van der Waals surface area contributed by atoms with Crippen molar-refractivity contribution in [2.24, 2.45) is 0 Å². The summed E-state index contributed by atoms with van der Waals surface area (Å²) in [6, 6.07) is 0. The first-order chi connectivity index (χ1) is 9.16. The highest BCUT2D eigenvalue weighted by atomic mass is 16.5. The first-order valence-electron chi connectivity index (χ1n) is 6.34. The van der Waals surface area contributed by atoms with Crippen LogP contribution >= 0.6 is 0 Å². The highest BCUT2D eigenvalue weighted by molar-refractivity contribution is 5.87. The van der Waals surface area contributed by atoms with Gasteiger partial charge in [-0.1, -0.05) is 0 Å². The van der Waals surface area contributed by atoms with E-state index in [1.165, 1.54) is 6.33 Å². The summed E-state index contributed by atoms with van der Waals surface area (Å²) >= 11 is 0. The number of aromatic carboxylic acids is 1. The summed E-state index contributed by atoms with van der Waals surface area (Å²) in [6.07, 6.45) is 2.82. The van der Waals surface area contributed by atoms with Gasteiger partial charge in [0.1, 0.15) is 6.10 Å². The van der Waals surface area contributed by atoms with Gasteiger partial charge in [0.05, 0.1) is 18.6 Å². The Morgan fingerprint density at radius 3 is 2.95 bits per heavy atom. The standard InChI is InChI=1S/C12H15N3O4/c16-11(9-2-1-5-19-9)14-3-4-15-7-13-10(12(17)18)8(15)6-14/h7,9H,1-6H2,(H,17,18). The molecule has 7 heteroatoms. The maximum Gasteiger partial charge on any atom is 0.356 e. The molecular formula is C12H15N3O4. The van der Waals surface area contributed by atoms with Gasteiger partial charge < -0.3 is 19.3 Å². The lowest BCUT2D eigenvalue weighted by Gasteiger charge is -2.30. The van der Waals surface area contributed by atoms with Crippen LogP contribution < -0.4 is 0 Å². The fourth-order valence-electron chi connectivity index (χ4n) is 2.60. The third kappa shape index (κ3) is 2.10. The summed E-state index contributed by atoms with van der Waals surface area (Å²) in [5.41, 5.74) is 0.620. The van der Waals surface area contributed by atoms with Crippen LogP contribution in [-0.2, 0) is 22.6 Å². The average Bonchev–Trinajstić information content (AvgIpc) is 3.06. The molecule has 0 saturated carbocycles. The first kappa shape index (κ1) is 12.2. The van der Waals surface area contributed by atoms with Crippen molar-refractivity contribution < 1.29 is 19.4 Å². The van der Waals surface area contributed by atoms with Crippen molar-refractivity contribution in [2.45, 2.75) is 32.0 Å². The predicted molar refractivity (Wildman–Crippen MR) is 63.6 cm³/mol. The zero-order valence-corrected chi connectivity index (χ0v) is 10.4. The second-order valence-corrected chi connectivity index (χ2v) is 4.80. The summed E-state index contributed by atoms with van der Waals surface area (Å²) in [5, 5.41) is 9.06. The molecule has 0 aromatic carbocycles. The Morgan fingerprint density at radius 2 is 2.26 bits per heavy atom. The van der Waals surface area contributed by atoms with Gasteiger partial charge in [-0.05, 0) is 12.8 Å². The Balaban J connectivity index is 1.79. The van der Waals surface area contributed by atoms with E-state index in [9.17, 15) is 9.59 Å². The molecule has 0 radical (unpaired) electrons. The minimum Gasteiger partial charge on any atom is -0.476 e. The number of fused-ring (bicyclic) bond motifs is 1. The highest BCUT2D eigenvalue weighted by Crippen LogP contribution is 2.20. The molecule has 0 bridgehead atoms. The smallest absolute Gasteiger partial charge is 0.356 e. The van der Waals surface area contributed by atoms with E-state index in [-0.39, 0.29) is 17.7 Å². The van der Waals surface area contributed by atoms with Gasteiger partial charge in [-0.25, -0.2) is 9.78 Å². The van der Waals surface area contributed by atoms with Crippen molar-refractivity contribution in [2.75, 3.05) is 13.2 Å². The number of carbonyl (C=O) groups is 2. The number of hydrogen-bond acceptors (Lipinski definition) is 4. The van der Waals surface area contributed by atoms with Crippen LogP contribution in [0, 0.1) is 0 Å². The maximum absolute atomic E-state index is 12.2. The summed E-state index contributed by atoms with van der Waals surface area (Å²) < 4.78 is 7.18. The van der Waals surface area contributed by atoms with Crippen LogP contribution in [0.3, 0.4) is 0 Å². The Morgan fingerprint density at radius 1 is 1.42 bits per heavy atom. The van der Waals surface area contributed by atoms with Crippen LogP contribution in [0.4, 0.5) is 0 Å². The predicted octanol–water partition coefficient (Wildman–Crippen LogP) is 0.102. The Kier molecular flexibility index (Phi) is 2.98. The molecule has 1 amide bonds. The minimum absolute atomic E-state index is 0.0323. The number of ether oxygens (including phenoxy) is 1. The largest absolute Gasteiger partial charge is 0.476 e. The molecule has 102 valence electrons. The maximum atomic E-state index is 12.2. The van der Waals surface area contributed by atoms with Crippen LogP contribution in [0.1, 0.15) is 29.0 Å². The molecule has 1 fully saturated rings. The molecule has 2 aliphatic heterocycles. The van der Waals surface area contributed by atoms with E-state index in [0.29, 0.717) is 31.9 Å². The molecule has 2 aliphatic rings. The van der Waals surface area contributed by atoms with Crippen molar-refractivity contribution in [3.05, 3.63) is 17.7 Å². The number of carbonyl (C=O) groups excluding carboxylic acids is 1. The quantitative estimate of drug-likeness (QED) is 0.820. The molecule has 1 saturated heterocycles. The summed E-state index contributed by atoms with van der Waals surface area (Å²) in [7, 11) is 0. The topological polar surface area (TPSA) is 84.7 Å². The van der Waals surface area contributed by atoms with Crippen molar-refractivity contribution in [3.63, 3.8) is 0 Å². The molecule has 19 heavy (non-hydrogen) atoms. The third-order valence-electron chi connectivity index (χ3n) is 3.62. The number of imidazole rings is 1. The van der Waals surface area contributed by atoms with E-state index < -0.39 is 5.97 Å². The number of rotatable bonds is 2. The lowest BCUT2D eigenvalue weighted by Crippen LogP contribution is -2.43. The summed E-state index contributed by atoms with van der Waals surface area (Å²) in [4.78, 5) is 28.8. The summed E-state index contributed by atoms with van der Waals surface area (Å²) in [6.45, 7) is 2.07. The van der Waals surface area contributed by atoms with Crippen LogP contribution in [0.2, 0.25) is 0 Å². The molecule has 3 rings (SSSR count). The van der Waals surface area contributed by atoms with Gasteiger partial charge in [-0.15, -0.1) is 0 Å². The Labute approximate surface area is 109 Å². The third-order valence-corrected chi connectivity index (χ3v) is 3.62. The Hall–Kier alpha value is -1.89. The first-order valence-corrected chi connectivity index (χ1v) is 6.34. The van der Waals surface area contributed by atoms with Gasteiger partial charge >= 0.3 is 5.97 Å². The fraction of sp³-hybridized carbons (Fsp3) is 0.583.